The summed E-state index contributed by atoms with van der Waals surface area (Å²) in [6, 6.07) is 11.9. The molecule has 0 atom stereocenters. The summed E-state index contributed by atoms with van der Waals surface area (Å²) in [6.45, 7) is 10.9. The Hall–Kier alpha value is -3.82. The molecule has 3 heterocycles. The van der Waals surface area contributed by atoms with E-state index in [1.54, 1.807) is 18.3 Å². The first-order valence-electron chi connectivity index (χ1n) is 13.0. The standard InChI is InChI=1S/C29H37N7O2/c1-19(2)33-27-24(16-30)23(28(37)32-17-25-20(3)8-9-31-29(25)38)15-26(34-27)22-7-5-6-21(14-22)18-36-12-10-35(4)11-13-36/h5-9,14-16,19,30H,10-13,17-18H2,1-4H3,(H,31,38)(H,32,37)(H,33,34). The number of aromatic nitrogens is 2. The van der Waals surface area contributed by atoms with Crippen LogP contribution in [0, 0.1) is 12.3 Å². The zero-order chi connectivity index (χ0) is 27.2. The number of carbonyl (C=O) groups is 1. The molecule has 3 aromatic rings. The van der Waals surface area contributed by atoms with Gasteiger partial charge in [-0.05, 0) is 57.1 Å². The van der Waals surface area contributed by atoms with Gasteiger partial charge in [0.25, 0.3) is 11.5 Å². The SMILES string of the molecule is Cc1cc[nH]c(=O)c1CNC(=O)c1cc(-c2cccc(CN3CCN(C)CC3)c2)nc(NC(C)C)c1C=N. The first kappa shape index (κ1) is 27.2. The van der Waals surface area contributed by atoms with Crippen molar-refractivity contribution in [1.29, 1.82) is 5.41 Å². The van der Waals surface area contributed by atoms with Crippen molar-refractivity contribution in [2.75, 3.05) is 38.5 Å². The Morgan fingerprint density at radius 3 is 2.63 bits per heavy atom. The number of rotatable bonds is 9. The monoisotopic (exact) mass is 515 g/mol. The van der Waals surface area contributed by atoms with Crippen molar-refractivity contribution in [1.82, 2.24) is 25.1 Å². The fraction of sp³-hybridized carbons (Fsp3) is 0.379. The fourth-order valence-electron chi connectivity index (χ4n) is 4.61. The van der Waals surface area contributed by atoms with E-state index in [1.807, 2.05) is 32.9 Å². The molecule has 1 amide bonds. The van der Waals surface area contributed by atoms with E-state index in [9.17, 15) is 9.59 Å². The summed E-state index contributed by atoms with van der Waals surface area (Å²) < 4.78 is 0. The molecule has 1 aromatic carbocycles. The number of aryl methyl sites for hydroxylation is 1. The molecule has 4 rings (SSSR count). The van der Waals surface area contributed by atoms with E-state index in [-0.39, 0.29) is 24.1 Å². The lowest BCUT2D eigenvalue weighted by Gasteiger charge is -2.32. The number of amides is 1. The lowest BCUT2D eigenvalue weighted by molar-refractivity contribution is 0.0950. The van der Waals surface area contributed by atoms with E-state index in [4.69, 9.17) is 10.4 Å². The van der Waals surface area contributed by atoms with Gasteiger partial charge in [-0.15, -0.1) is 0 Å². The Bertz CT molecular complexity index is 1360. The molecule has 1 fully saturated rings. The number of hydrogen-bond donors (Lipinski definition) is 4. The number of hydrogen-bond acceptors (Lipinski definition) is 7. The maximum Gasteiger partial charge on any atom is 0.253 e. The average Bonchev–Trinajstić information content (AvgIpc) is 2.89. The molecule has 1 saturated heterocycles. The maximum absolute atomic E-state index is 13.4. The fourth-order valence-corrected chi connectivity index (χ4v) is 4.61. The van der Waals surface area contributed by atoms with Crippen LogP contribution in [0.3, 0.4) is 0 Å². The molecule has 0 bridgehead atoms. The Kier molecular flexibility index (Phi) is 8.70. The summed E-state index contributed by atoms with van der Waals surface area (Å²) in [5.41, 5.74) is 4.57. The highest BCUT2D eigenvalue weighted by atomic mass is 16.1. The number of anilines is 1. The molecule has 9 nitrogen and oxygen atoms in total. The second-order valence-electron chi connectivity index (χ2n) is 10.2. The first-order valence-corrected chi connectivity index (χ1v) is 13.0. The van der Waals surface area contributed by atoms with Gasteiger partial charge in [0.15, 0.2) is 0 Å². The van der Waals surface area contributed by atoms with Crippen LogP contribution in [-0.2, 0) is 13.1 Å². The minimum atomic E-state index is -0.366. The van der Waals surface area contributed by atoms with Gasteiger partial charge in [0.2, 0.25) is 0 Å². The van der Waals surface area contributed by atoms with E-state index >= 15 is 0 Å². The largest absolute Gasteiger partial charge is 0.367 e. The van der Waals surface area contributed by atoms with E-state index in [2.05, 4.69) is 44.6 Å². The number of likely N-dealkylation sites (N-methyl/N-ethyl adjacent to an activating group) is 1. The normalized spacial score (nSPS) is 14.4. The van der Waals surface area contributed by atoms with Crippen LogP contribution < -0.4 is 16.2 Å². The van der Waals surface area contributed by atoms with E-state index in [0.29, 0.717) is 28.2 Å². The number of pyridine rings is 2. The van der Waals surface area contributed by atoms with Gasteiger partial charge >= 0.3 is 0 Å². The molecule has 9 heteroatoms. The number of H-pyrrole nitrogens is 1. The third kappa shape index (κ3) is 6.54. The molecule has 0 saturated carbocycles. The molecular weight excluding hydrogens is 478 g/mol. The molecule has 200 valence electrons. The van der Waals surface area contributed by atoms with Crippen LogP contribution in [0.1, 0.15) is 46.5 Å². The Balaban J connectivity index is 1.66. The molecule has 1 aliphatic heterocycles. The van der Waals surface area contributed by atoms with E-state index < -0.39 is 0 Å². The molecule has 38 heavy (non-hydrogen) atoms. The van der Waals surface area contributed by atoms with Gasteiger partial charge < -0.3 is 25.9 Å². The lowest BCUT2D eigenvalue weighted by Crippen LogP contribution is -2.43. The highest BCUT2D eigenvalue weighted by molar-refractivity contribution is 6.05. The van der Waals surface area contributed by atoms with Gasteiger partial charge in [-0.3, -0.25) is 14.5 Å². The van der Waals surface area contributed by atoms with Crippen LogP contribution in [0.5, 0.6) is 0 Å². The molecule has 4 N–H and O–H groups in total. The molecule has 0 aliphatic carbocycles. The van der Waals surface area contributed by atoms with E-state index in [0.717, 1.165) is 50.1 Å². The van der Waals surface area contributed by atoms with Gasteiger partial charge in [-0.1, -0.05) is 18.2 Å². The van der Waals surface area contributed by atoms with Crippen LogP contribution in [0.15, 0.2) is 47.4 Å². The zero-order valence-electron chi connectivity index (χ0n) is 22.6. The number of piperazine rings is 1. The van der Waals surface area contributed by atoms with Gasteiger partial charge in [0, 0.05) is 74.4 Å². The van der Waals surface area contributed by atoms with Crippen molar-refractivity contribution in [3.63, 3.8) is 0 Å². The van der Waals surface area contributed by atoms with Gasteiger partial charge in [-0.25, -0.2) is 4.98 Å². The highest BCUT2D eigenvalue weighted by Gasteiger charge is 2.20. The second kappa shape index (κ2) is 12.1. The summed E-state index contributed by atoms with van der Waals surface area (Å²) in [5, 5.41) is 14.2. The number of nitrogens with one attached hydrogen (secondary N) is 4. The van der Waals surface area contributed by atoms with Gasteiger partial charge in [0.1, 0.15) is 5.82 Å². The molecule has 0 spiro atoms. The molecule has 2 aromatic heterocycles. The Morgan fingerprint density at radius 2 is 1.95 bits per heavy atom. The maximum atomic E-state index is 13.4. The van der Waals surface area contributed by atoms with Crippen LogP contribution in [-0.4, -0.2) is 71.2 Å². The molecule has 0 radical (unpaired) electrons. The summed E-state index contributed by atoms with van der Waals surface area (Å²) in [6.07, 6.45) is 2.74. The van der Waals surface area contributed by atoms with Crippen LogP contribution in [0.2, 0.25) is 0 Å². The second-order valence-corrected chi connectivity index (χ2v) is 10.2. The molecule has 1 aliphatic rings. The van der Waals surface area contributed by atoms with Crippen molar-refractivity contribution >= 4 is 17.9 Å². The predicted octanol–water partition coefficient (Wildman–Crippen LogP) is 3.24. The quantitative estimate of drug-likeness (QED) is 0.325. The predicted molar refractivity (Wildman–Crippen MR) is 152 cm³/mol. The number of benzene rings is 1. The van der Waals surface area contributed by atoms with Crippen molar-refractivity contribution < 1.29 is 4.79 Å². The first-order chi connectivity index (χ1) is 18.2. The van der Waals surface area contributed by atoms with Crippen LogP contribution >= 0.6 is 0 Å². The Morgan fingerprint density at radius 1 is 1.18 bits per heavy atom. The van der Waals surface area contributed by atoms with Crippen molar-refractivity contribution in [2.24, 2.45) is 0 Å². The summed E-state index contributed by atoms with van der Waals surface area (Å²) >= 11 is 0. The van der Waals surface area contributed by atoms with Crippen LogP contribution in [0.25, 0.3) is 11.3 Å². The zero-order valence-corrected chi connectivity index (χ0v) is 22.6. The summed E-state index contributed by atoms with van der Waals surface area (Å²) in [5.74, 6) is 0.117. The molecule has 0 unspecified atom stereocenters. The van der Waals surface area contributed by atoms with Crippen molar-refractivity contribution in [2.45, 2.75) is 39.9 Å². The summed E-state index contributed by atoms with van der Waals surface area (Å²) in [7, 11) is 2.15. The van der Waals surface area contributed by atoms with Crippen molar-refractivity contribution in [3.8, 4) is 11.3 Å². The smallest absolute Gasteiger partial charge is 0.253 e. The lowest BCUT2D eigenvalue weighted by atomic mass is 10.0. The number of aromatic amines is 1. The van der Waals surface area contributed by atoms with Crippen molar-refractivity contribution in [3.05, 3.63) is 80.8 Å². The van der Waals surface area contributed by atoms with Gasteiger partial charge in [0.05, 0.1) is 11.3 Å². The molecular formula is C29H37N7O2. The minimum Gasteiger partial charge on any atom is -0.367 e. The highest BCUT2D eigenvalue weighted by Crippen LogP contribution is 2.27. The summed E-state index contributed by atoms with van der Waals surface area (Å²) in [4.78, 5) is 37.9. The average molecular weight is 516 g/mol. The third-order valence-electron chi connectivity index (χ3n) is 6.82. The minimum absolute atomic E-state index is 0.0569. The third-order valence-corrected chi connectivity index (χ3v) is 6.82. The Labute approximate surface area is 223 Å². The van der Waals surface area contributed by atoms with Crippen LogP contribution in [0.4, 0.5) is 5.82 Å². The number of carbonyl (C=O) groups excluding carboxylic acids is 1. The van der Waals surface area contributed by atoms with E-state index in [1.165, 1.54) is 5.56 Å². The topological polar surface area (TPSA) is 117 Å². The van der Waals surface area contributed by atoms with Gasteiger partial charge in [-0.2, -0.15) is 0 Å². The number of nitrogens with zero attached hydrogens (tertiary/aromatic N) is 3.